The Labute approximate surface area is 192 Å². The third kappa shape index (κ3) is 4.56. The molecule has 0 amide bonds. The molecule has 5 nitrogen and oxygen atoms in total. The molecule has 0 unspecified atom stereocenters. The number of aromatic amines is 1. The van der Waals surface area contributed by atoms with Crippen molar-refractivity contribution in [1.29, 1.82) is 0 Å². The fourth-order valence-corrected chi connectivity index (χ4v) is 4.36. The van der Waals surface area contributed by atoms with Gasteiger partial charge in [-0.25, -0.2) is 15.0 Å². The van der Waals surface area contributed by atoms with Gasteiger partial charge in [-0.2, -0.15) is 0 Å². The summed E-state index contributed by atoms with van der Waals surface area (Å²) in [6.45, 7) is 0.493. The van der Waals surface area contributed by atoms with Gasteiger partial charge in [-0.3, -0.25) is 0 Å². The van der Waals surface area contributed by atoms with E-state index >= 15 is 0 Å². The molecule has 0 aliphatic heterocycles. The average Bonchev–Trinajstić information content (AvgIpc) is 3.40. The standard InChI is InChI=1S/C23H16Cl2N4OS/c24-16-6-8-19(30-12-14-4-2-1-3-5-14)15(10-16)11-21-26-18(13-31-21)23-27-17-7-9-20(25)28-22(17)29-23/h1-10,13H,11-12H2,(H,27,28,29). The van der Waals surface area contributed by atoms with Gasteiger partial charge in [0.1, 0.15) is 23.2 Å². The number of benzene rings is 2. The summed E-state index contributed by atoms with van der Waals surface area (Å²) in [5.41, 5.74) is 4.26. The van der Waals surface area contributed by atoms with Crippen molar-refractivity contribution in [3.63, 3.8) is 0 Å². The highest BCUT2D eigenvalue weighted by Gasteiger charge is 2.13. The summed E-state index contributed by atoms with van der Waals surface area (Å²) in [5.74, 6) is 1.46. The number of nitrogens with zero attached hydrogens (tertiary/aromatic N) is 3. The van der Waals surface area contributed by atoms with Crippen LogP contribution in [0.5, 0.6) is 5.75 Å². The van der Waals surface area contributed by atoms with Gasteiger partial charge >= 0.3 is 0 Å². The van der Waals surface area contributed by atoms with E-state index in [1.165, 1.54) is 0 Å². The third-order valence-electron chi connectivity index (χ3n) is 4.71. The lowest BCUT2D eigenvalue weighted by Gasteiger charge is -2.11. The Morgan fingerprint density at radius 2 is 1.81 bits per heavy atom. The molecule has 0 saturated heterocycles. The Balaban J connectivity index is 1.37. The fourth-order valence-electron chi connectivity index (χ4n) is 3.22. The summed E-state index contributed by atoms with van der Waals surface area (Å²) in [5, 5.41) is 3.99. The van der Waals surface area contributed by atoms with Crippen molar-refractivity contribution in [2.75, 3.05) is 0 Å². The number of rotatable bonds is 6. The number of imidazole rings is 1. The van der Waals surface area contributed by atoms with Crippen LogP contribution in [0.2, 0.25) is 10.2 Å². The zero-order valence-corrected chi connectivity index (χ0v) is 18.5. The lowest BCUT2D eigenvalue weighted by Crippen LogP contribution is -1.99. The minimum absolute atomic E-state index is 0.411. The molecule has 1 N–H and O–H groups in total. The van der Waals surface area contributed by atoms with E-state index in [-0.39, 0.29) is 0 Å². The molecular formula is C23H16Cl2N4OS. The molecule has 154 valence electrons. The maximum atomic E-state index is 6.25. The number of hydrogen-bond donors (Lipinski definition) is 1. The van der Waals surface area contributed by atoms with E-state index in [1.807, 2.05) is 60.0 Å². The van der Waals surface area contributed by atoms with Crippen molar-refractivity contribution < 1.29 is 4.74 Å². The maximum Gasteiger partial charge on any atom is 0.179 e. The van der Waals surface area contributed by atoms with Crippen LogP contribution in [0.4, 0.5) is 0 Å². The number of thiazole rings is 1. The van der Waals surface area contributed by atoms with Gasteiger partial charge in [0.2, 0.25) is 0 Å². The van der Waals surface area contributed by atoms with E-state index in [0.29, 0.717) is 34.7 Å². The number of pyridine rings is 1. The van der Waals surface area contributed by atoms with Crippen LogP contribution >= 0.6 is 34.5 Å². The van der Waals surface area contributed by atoms with Gasteiger partial charge in [0.05, 0.1) is 10.5 Å². The first-order chi connectivity index (χ1) is 15.1. The van der Waals surface area contributed by atoms with Gasteiger partial charge in [0.25, 0.3) is 0 Å². The lowest BCUT2D eigenvalue weighted by molar-refractivity contribution is 0.303. The van der Waals surface area contributed by atoms with Crippen molar-refractivity contribution in [3.8, 4) is 17.3 Å². The minimum atomic E-state index is 0.411. The van der Waals surface area contributed by atoms with Crippen LogP contribution < -0.4 is 4.74 Å². The highest BCUT2D eigenvalue weighted by molar-refractivity contribution is 7.10. The van der Waals surface area contributed by atoms with Crippen molar-refractivity contribution in [2.45, 2.75) is 13.0 Å². The first kappa shape index (κ1) is 20.0. The predicted octanol–water partition coefficient (Wildman–Crippen LogP) is 6.56. The molecule has 3 aromatic heterocycles. The van der Waals surface area contributed by atoms with Gasteiger partial charge in [-0.1, -0.05) is 53.5 Å². The molecule has 5 aromatic rings. The number of halogens is 2. The van der Waals surface area contributed by atoms with Gasteiger partial charge in [-0.15, -0.1) is 11.3 Å². The molecule has 0 fully saturated rings. The average molecular weight is 467 g/mol. The van der Waals surface area contributed by atoms with Crippen LogP contribution in [0, 0.1) is 0 Å². The molecule has 0 saturated carbocycles. The summed E-state index contributed by atoms with van der Waals surface area (Å²) in [7, 11) is 0. The largest absolute Gasteiger partial charge is 0.489 e. The van der Waals surface area contributed by atoms with Crippen molar-refractivity contribution in [1.82, 2.24) is 19.9 Å². The molecule has 5 rings (SSSR count). The van der Waals surface area contributed by atoms with Gasteiger partial charge in [0.15, 0.2) is 11.5 Å². The monoisotopic (exact) mass is 466 g/mol. The molecule has 0 radical (unpaired) electrons. The Kier molecular flexibility index (Phi) is 5.59. The number of fused-ring (bicyclic) bond motifs is 1. The molecule has 2 aromatic carbocycles. The first-order valence-corrected chi connectivity index (χ1v) is 11.2. The summed E-state index contributed by atoms with van der Waals surface area (Å²) in [4.78, 5) is 16.7. The van der Waals surface area contributed by atoms with Gasteiger partial charge in [-0.05, 0) is 35.9 Å². The summed E-state index contributed by atoms with van der Waals surface area (Å²) in [6, 6.07) is 19.3. The maximum absolute atomic E-state index is 6.25. The Morgan fingerprint density at radius 1 is 0.935 bits per heavy atom. The molecule has 0 bridgehead atoms. The minimum Gasteiger partial charge on any atom is -0.489 e. The SMILES string of the molecule is Clc1ccc(OCc2ccccc2)c(Cc2nc(-c3nc4nc(Cl)ccc4[nH]3)cs2)c1. The van der Waals surface area contributed by atoms with E-state index in [4.69, 9.17) is 32.9 Å². The normalized spacial score (nSPS) is 11.2. The number of hydrogen-bond acceptors (Lipinski definition) is 5. The summed E-state index contributed by atoms with van der Waals surface area (Å²) >= 11 is 13.8. The Hall–Kier alpha value is -2.93. The van der Waals surface area contributed by atoms with E-state index in [1.54, 1.807) is 17.4 Å². The third-order valence-corrected chi connectivity index (χ3v) is 6.00. The van der Waals surface area contributed by atoms with E-state index in [9.17, 15) is 0 Å². The second-order valence-corrected chi connectivity index (χ2v) is 8.69. The zero-order chi connectivity index (χ0) is 21.2. The summed E-state index contributed by atoms with van der Waals surface area (Å²) in [6.07, 6.45) is 0.611. The molecule has 3 heterocycles. The molecular weight excluding hydrogens is 451 g/mol. The highest BCUT2D eigenvalue weighted by Crippen LogP contribution is 2.29. The topological polar surface area (TPSA) is 63.7 Å². The Morgan fingerprint density at radius 3 is 2.68 bits per heavy atom. The fraction of sp³-hybridized carbons (Fsp3) is 0.0870. The van der Waals surface area contributed by atoms with Crippen LogP contribution in [0.15, 0.2) is 66.0 Å². The number of ether oxygens (including phenoxy) is 1. The molecule has 0 aliphatic rings. The van der Waals surface area contributed by atoms with E-state index in [2.05, 4.69) is 15.0 Å². The molecule has 8 heteroatoms. The van der Waals surface area contributed by atoms with Crippen molar-refractivity contribution >= 4 is 45.7 Å². The van der Waals surface area contributed by atoms with Crippen LogP contribution in [-0.2, 0) is 13.0 Å². The van der Waals surface area contributed by atoms with Crippen LogP contribution in [0.3, 0.4) is 0 Å². The van der Waals surface area contributed by atoms with E-state index in [0.717, 1.165) is 33.1 Å². The van der Waals surface area contributed by atoms with Crippen molar-refractivity contribution in [3.05, 3.63) is 92.4 Å². The number of aromatic nitrogens is 4. The second kappa shape index (κ2) is 8.67. The smallest absolute Gasteiger partial charge is 0.179 e. The first-order valence-electron chi connectivity index (χ1n) is 9.56. The number of nitrogens with one attached hydrogen (secondary N) is 1. The van der Waals surface area contributed by atoms with Gasteiger partial charge in [0, 0.05) is 22.4 Å². The number of H-pyrrole nitrogens is 1. The lowest BCUT2D eigenvalue weighted by atomic mass is 10.1. The summed E-state index contributed by atoms with van der Waals surface area (Å²) < 4.78 is 6.07. The van der Waals surface area contributed by atoms with E-state index < -0.39 is 0 Å². The quantitative estimate of drug-likeness (QED) is 0.288. The van der Waals surface area contributed by atoms with Crippen LogP contribution in [0.1, 0.15) is 16.1 Å². The van der Waals surface area contributed by atoms with Crippen LogP contribution in [-0.4, -0.2) is 19.9 Å². The zero-order valence-electron chi connectivity index (χ0n) is 16.2. The van der Waals surface area contributed by atoms with Crippen molar-refractivity contribution in [2.24, 2.45) is 0 Å². The van der Waals surface area contributed by atoms with Gasteiger partial charge < -0.3 is 9.72 Å². The molecule has 31 heavy (non-hydrogen) atoms. The highest BCUT2D eigenvalue weighted by atomic mass is 35.5. The predicted molar refractivity (Wildman–Crippen MR) is 125 cm³/mol. The molecule has 0 atom stereocenters. The second-order valence-electron chi connectivity index (χ2n) is 6.92. The molecule has 0 spiro atoms. The Bertz CT molecular complexity index is 1350. The molecule has 0 aliphatic carbocycles. The van der Waals surface area contributed by atoms with Crippen LogP contribution in [0.25, 0.3) is 22.7 Å².